The van der Waals surface area contributed by atoms with Gasteiger partial charge in [0, 0.05) is 45.8 Å². The lowest BCUT2D eigenvalue weighted by molar-refractivity contribution is -0.141. The first kappa shape index (κ1) is 17.8. The summed E-state index contributed by atoms with van der Waals surface area (Å²) in [4.78, 5) is 18.0. The second-order valence-corrected chi connectivity index (χ2v) is 6.21. The van der Waals surface area contributed by atoms with Crippen LogP contribution in [0.4, 0.5) is 4.39 Å². The first-order chi connectivity index (χ1) is 11.0. The molecule has 1 fully saturated rings. The summed E-state index contributed by atoms with van der Waals surface area (Å²) in [5.74, 6) is -0.390. The van der Waals surface area contributed by atoms with Gasteiger partial charge in [-0.05, 0) is 31.7 Å². The second-order valence-electron chi connectivity index (χ2n) is 6.21. The molecule has 1 atom stereocenters. The molecular formula is C17H26FN3O2. The number of hydrogen-bond acceptors (Lipinski definition) is 4. The molecule has 0 aromatic heterocycles. The Hall–Kier alpha value is -1.50. The first-order valence-corrected chi connectivity index (χ1v) is 8.08. The van der Waals surface area contributed by atoms with Crippen molar-refractivity contribution >= 4 is 5.91 Å². The molecule has 0 saturated carbocycles. The Bertz CT molecular complexity index is 499. The van der Waals surface area contributed by atoms with Crippen molar-refractivity contribution in [3.63, 3.8) is 0 Å². The van der Waals surface area contributed by atoms with Gasteiger partial charge in [-0.1, -0.05) is 12.1 Å². The van der Waals surface area contributed by atoms with Crippen molar-refractivity contribution in [1.82, 2.24) is 14.7 Å². The lowest BCUT2D eigenvalue weighted by Gasteiger charge is -2.36. The SMILES string of the molecule is CC(O)C(=O)N1CCN(CCN(C)Cc2ccc(F)cc2)CC1. The summed E-state index contributed by atoms with van der Waals surface area (Å²) in [6.07, 6.45) is -0.914. The van der Waals surface area contributed by atoms with Crippen molar-refractivity contribution in [3.8, 4) is 0 Å². The predicted octanol–water partition coefficient (Wildman–Crippen LogP) is 0.782. The van der Waals surface area contributed by atoms with Gasteiger partial charge in [0.2, 0.25) is 0 Å². The molecule has 2 rings (SSSR count). The lowest BCUT2D eigenvalue weighted by Crippen LogP contribution is -2.52. The number of rotatable bonds is 6. The molecule has 1 aliphatic heterocycles. The van der Waals surface area contributed by atoms with Crippen LogP contribution in [0.25, 0.3) is 0 Å². The molecule has 23 heavy (non-hydrogen) atoms. The van der Waals surface area contributed by atoms with E-state index in [0.29, 0.717) is 13.1 Å². The van der Waals surface area contributed by atoms with E-state index in [-0.39, 0.29) is 11.7 Å². The van der Waals surface area contributed by atoms with Crippen LogP contribution in [0.15, 0.2) is 24.3 Å². The number of benzene rings is 1. The number of likely N-dealkylation sites (N-methyl/N-ethyl adjacent to an activating group) is 1. The molecule has 0 radical (unpaired) electrons. The number of piperazine rings is 1. The first-order valence-electron chi connectivity index (χ1n) is 8.08. The summed E-state index contributed by atoms with van der Waals surface area (Å²) < 4.78 is 12.9. The van der Waals surface area contributed by atoms with Gasteiger partial charge in [-0.2, -0.15) is 0 Å². The summed E-state index contributed by atoms with van der Waals surface area (Å²) in [5.41, 5.74) is 1.10. The van der Waals surface area contributed by atoms with E-state index < -0.39 is 6.10 Å². The molecular weight excluding hydrogens is 297 g/mol. The highest BCUT2D eigenvalue weighted by atomic mass is 19.1. The Balaban J connectivity index is 1.68. The van der Waals surface area contributed by atoms with Crippen LogP contribution in [0.2, 0.25) is 0 Å². The van der Waals surface area contributed by atoms with Gasteiger partial charge < -0.3 is 14.9 Å². The number of amides is 1. The van der Waals surface area contributed by atoms with E-state index in [1.165, 1.54) is 19.1 Å². The van der Waals surface area contributed by atoms with Gasteiger partial charge in [0.25, 0.3) is 5.91 Å². The zero-order valence-electron chi connectivity index (χ0n) is 13.9. The van der Waals surface area contributed by atoms with Crippen molar-refractivity contribution in [3.05, 3.63) is 35.6 Å². The highest BCUT2D eigenvalue weighted by Gasteiger charge is 2.23. The zero-order valence-corrected chi connectivity index (χ0v) is 13.9. The Morgan fingerprint density at radius 3 is 2.43 bits per heavy atom. The summed E-state index contributed by atoms with van der Waals surface area (Å²) >= 11 is 0. The maximum absolute atomic E-state index is 12.9. The van der Waals surface area contributed by atoms with Crippen LogP contribution < -0.4 is 0 Å². The number of carbonyl (C=O) groups excluding carboxylic acids is 1. The van der Waals surface area contributed by atoms with E-state index in [9.17, 15) is 14.3 Å². The molecule has 1 unspecified atom stereocenters. The molecule has 1 aromatic rings. The molecule has 128 valence electrons. The van der Waals surface area contributed by atoms with Crippen LogP contribution in [0.1, 0.15) is 12.5 Å². The summed E-state index contributed by atoms with van der Waals surface area (Å²) in [6.45, 7) is 7.18. The van der Waals surface area contributed by atoms with E-state index >= 15 is 0 Å². The quantitative estimate of drug-likeness (QED) is 0.841. The summed E-state index contributed by atoms with van der Waals surface area (Å²) in [6, 6.07) is 6.60. The molecule has 1 aromatic carbocycles. The maximum atomic E-state index is 12.9. The number of aliphatic hydroxyl groups excluding tert-OH is 1. The highest BCUT2D eigenvalue weighted by molar-refractivity contribution is 5.80. The van der Waals surface area contributed by atoms with Gasteiger partial charge in [0.1, 0.15) is 11.9 Å². The third-order valence-electron chi connectivity index (χ3n) is 4.21. The van der Waals surface area contributed by atoms with Crippen molar-refractivity contribution in [2.75, 3.05) is 46.3 Å². The second kappa shape index (κ2) is 8.38. The standard InChI is InChI=1S/C17H26FN3O2/c1-14(22)17(23)21-11-9-20(10-12-21)8-7-19(2)13-15-3-5-16(18)6-4-15/h3-6,14,22H,7-13H2,1-2H3. The van der Waals surface area contributed by atoms with Gasteiger partial charge in [-0.3, -0.25) is 9.69 Å². The number of nitrogens with zero attached hydrogens (tertiary/aromatic N) is 3. The smallest absolute Gasteiger partial charge is 0.251 e. The molecule has 1 aliphatic rings. The minimum atomic E-state index is -0.914. The van der Waals surface area contributed by atoms with Crippen molar-refractivity contribution in [2.45, 2.75) is 19.6 Å². The van der Waals surface area contributed by atoms with Crippen LogP contribution >= 0.6 is 0 Å². The Morgan fingerprint density at radius 1 is 1.26 bits per heavy atom. The van der Waals surface area contributed by atoms with Crippen LogP contribution in [0, 0.1) is 5.82 Å². The van der Waals surface area contributed by atoms with Gasteiger partial charge >= 0.3 is 0 Å². The average molecular weight is 323 g/mol. The van der Waals surface area contributed by atoms with Gasteiger partial charge in [0.05, 0.1) is 0 Å². The van der Waals surface area contributed by atoms with Crippen molar-refractivity contribution in [2.24, 2.45) is 0 Å². The number of halogens is 1. The van der Waals surface area contributed by atoms with E-state index in [1.807, 2.05) is 12.1 Å². The summed E-state index contributed by atoms with van der Waals surface area (Å²) in [7, 11) is 2.05. The van der Waals surface area contributed by atoms with Gasteiger partial charge in [0.15, 0.2) is 0 Å². The molecule has 6 heteroatoms. The fourth-order valence-electron chi connectivity index (χ4n) is 2.75. The minimum absolute atomic E-state index is 0.182. The fraction of sp³-hybridized carbons (Fsp3) is 0.588. The third kappa shape index (κ3) is 5.57. The van der Waals surface area contributed by atoms with E-state index in [4.69, 9.17) is 0 Å². The normalized spacial score (nSPS) is 17.5. The number of carbonyl (C=O) groups is 1. The number of aliphatic hydroxyl groups is 1. The molecule has 1 heterocycles. The zero-order chi connectivity index (χ0) is 16.8. The van der Waals surface area contributed by atoms with Crippen molar-refractivity contribution in [1.29, 1.82) is 0 Å². The molecule has 1 N–H and O–H groups in total. The monoisotopic (exact) mass is 323 g/mol. The number of hydrogen-bond donors (Lipinski definition) is 1. The topological polar surface area (TPSA) is 47.0 Å². The Morgan fingerprint density at radius 2 is 1.87 bits per heavy atom. The Labute approximate surface area is 137 Å². The average Bonchev–Trinajstić information content (AvgIpc) is 2.55. The Kier molecular flexibility index (Phi) is 6.50. The molecule has 1 saturated heterocycles. The summed E-state index contributed by atoms with van der Waals surface area (Å²) in [5, 5.41) is 9.34. The third-order valence-corrected chi connectivity index (χ3v) is 4.21. The largest absolute Gasteiger partial charge is 0.384 e. The van der Waals surface area contributed by atoms with E-state index in [2.05, 4.69) is 16.8 Å². The highest BCUT2D eigenvalue weighted by Crippen LogP contribution is 2.07. The van der Waals surface area contributed by atoms with Gasteiger partial charge in [-0.25, -0.2) is 4.39 Å². The van der Waals surface area contributed by atoms with Crippen LogP contribution in [0.5, 0.6) is 0 Å². The van der Waals surface area contributed by atoms with E-state index in [1.54, 1.807) is 4.90 Å². The lowest BCUT2D eigenvalue weighted by atomic mass is 10.2. The minimum Gasteiger partial charge on any atom is -0.384 e. The molecule has 0 spiro atoms. The molecule has 0 aliphatic carbocycles. The van der Waals surface area contributed by atoms with Crippen LogP contribution in [-0.4, -0.2) is 78.1 Å². The molecule has 0 bridgehead atoms. The van der Waals surface area contributed by atoms with Crippen LogP contribution in [0.3, 0.4) is 0 Å². The molecule has 5 nitrogen and oxygen atoms in total. The predicted molar refractivity (Wildman–Crippen MR) is 87.4 cm³/mol. The van der Waals surface area contributed by atoms with Crippen LogP contribution in [-0.2, 0) is 11.3 Å². The van der Waals surface area contributed by atoms with E-state index in [0.717, 1.165) is 38.3 Å². The molecule has 1 amide bonds. The van der Waals surface area contributed by atoms with Crippen molar-refractivity contribution < 1.29 is 14.3 Å². The maximum Gasteiger partial charge on any atom is 0.251 e. The van der Waals surface area contributed by atoms with Gasteiger partial charge in [-0.15, -0.1) is 0 Å². The fourth-order valence-corrected chi connectivity index (χ4v) is 2.75.